The number of nitrogens with zero attached hydrogens (tertiary/aromatic N) is 2. The van der Waals surface area contributed by atoms with Gasteiger partial charge in [0.15, 0.2) is 0 Å². The Bertz CT molecular complexity index is 1660. The van der Waals surface area contributed by atoms with Crippen LogP contribution in [0.15, 0.2) is 21.7 Å². The van der Waals surface area contributed by atoms with Gasteiger partial charge in [0.05, 0.1) is 18.7 Å². The Morgan fingerprint density at radius 2 is 0.775 bits per heavy atom. The lowest BCUT2D eigenvalue weighted by Crippen LogP contribution is -2.55. The summed E-state index contributed by atoms with van der Waals surface area (Å²) in [6.07, 6.45) is 0. The maximum Gasteiger partial charge on any atom is 0.213 e. The summed E-state index contributed by atoms with van der Waals surface area (Å²) in [6.45, 7) is 27.9. The predicted molar refractivity (Wildman–Crippen MR) is 184 cm³/mol. The van der Waals surface area contributed by atoms with E-state index in [4.69, 9.17) is 9.97 Å². The molecule has 0 saturated carbocycles. The van der Waals surface area contributed by atoms with Crippen LogP contribution in [0.5, 0.6) is 0 Å². The maximum absolute atomic E-state index is 13.8. The van der Waals surface area contributed by atoms with Gasteiger partial charge in [-0.05, 0) is 45.4 Å². The van der Waals surface area contributed by atoms with E-state index in [1.807, 2.05) is 12.1 Å². The van der Waals surface area contributed by atoms with Crippen molar-refractivity contribution in [1.29, 1.82) is 0 Å². The summed E-state index contributed by atoms with van der Waals surface area (Å²) in [5, 5.41) is 3.17. The topological polar surface area (TPSA) is 59.9 Å². The molecule has 0 saturated heterocycles. The summed E-state index contributed by atoms with van der Waals surface area (Å²) in [4.78, 5) is 37.9. The van der Waals surface area contributed by atoms with Crippen LogP contribution >= 0.6 is 22.7 Å². The molecular formula is C32H44N2O2S2Si2. The number of fused-ring (bicyclic) bond motifs is 6. The lowest BCUT2D eigenvalue weighted by atomic mass is 10.1. The molecule has 5 aromatic rings. The highest BCUT2D eigenvalue weighted by Gasteiger charge is 2.48. The van der Waals surface area contributed by atoms with Crippen LogP contribution in [0.25, 0.3) is 42.0 Å². The molecule has 5 rings (SSSR count). The summed E-state index contributed by atoms with van der Waals surface area (Å²) < 4.78 is 4.29. The molecule has 0 amide bonds. The zero-order valence-corrected chi connectivity index (χ0v) is 29.8. The molecule has 214 valence electrons. The molecule has 3 aromatic carbocycles. The molecule has 0 fully saturated rings. The molecule has 0 unspecified atom stereocenters. The summed E-state index contributed by atoms with van der Waals surface area (Å²) in [5.74, 6) is 0. The van der Waals surface area contributed by atoms with E-state index in [0.29, 0.717) is 55.1 Å². The number of aromatic nitrogens is 2. The van der Waals surface area contributed by atoms with Crippen molar-refractivity contribution in [2.45, 2.75) is 116 Å². The van der Waals surface area contributed by atoms with Crippen molar-refractivity contribution in [3.63, 3.8) is 0 Å². The Labute approximate surface area is 248 Å². The highest BCUT2D eigenvalue weighted by Crippen LogP contribution is 2.45. The van der Waals surface area contributed by atoms with E-state index in [0.717, 1.165) is 20.2 Å². The zero-order chi connectivity index (χ0) is 29.6. The van der Waals surface area contributed by atoms with E-state index in [1.165, 1.54) is 9.26 Å². The normalized spacial score (nSPS) is 14.1. The summed E-state index contributed by atoms with van der Waals surface area (Å²) in [5.41, 5.74) is 4.32. The summed E-state index contributed by atoms with van der Waals surface area (Å²) in [7, 11) is -3.98. The van der Waals surface area contributed by atoms with Gasteiger partial charge < -0.3 is 0 Å². The molecule has 0 aliphatic heterocycles. The first-order valence-electron chi connectivity index (χ1n) is 14.9. The average molecular weight is 609 g/mol. The Balaban J connectivity index is 1.79. The molecule has 2 heterocycles. The van der Waals surface area contributed by atoms with Gasteiger partial charge in [0.1, 0.15) is 27.2 Å². The Morgan fingerprint density at radius 1 is 0.500 bits per heavy atom. The van der Waals surface area contributed by atoms with Gasteiger partial charge in [0.25, 0.3) is 0 Å². The fourth-order valence-electron chi connectivity index (χ4n) is 8.77. The highest BCUT2D eigenvalue weighted by atomic mass is 32.1. The van der Waals surface area contributed by atoms with Crippen LogP contribution in [0.3, 0.4) is 0 Å². The second-order valence-corrected chi connectivity index (χ2v) is 28.1. The molecule has 0 radical (unpaired) electrons. The molecular weight excluding hydrogens is 565 g/mol. The largest absolute Gasteiger partial charge is 0.287 e. The van der Waals surface area contributed by atoms with E-state index in [2.05, 4.69) is 83.1 Å². The van der Waals surface area contributed by atoms with E-state index in [1.54, 1.807) is 22.7 Å². The third-order valence-electron chi connectivity index (χ3n) is 10.3. The molecule has 0 aliphatic rings. The van der Waals surface area contributed by atoms with E-state index in [-0.39, 0.29) is 10.9 Å². The van der Waals surface area contributed by atoms with Gasteiger partial charge in [-0.1, -0.05) is 83.1 Å². The first-order chi connectivity index (χ1) is 18.6. The van der Waals surface area contributed by atoms with Crippen molar-refractivity contribution < 1.29 is 0 Å². The Morgan fingerprint density at radius 3 is 1.02 bits per heavy atom. The fourth-order valence-corrected chi connectivity index (χ4v) is 28.3. The van der Waals surface area contributed by atoms with Gasteiger partial charge in [0, 0.05) is 21.5 Å². The number of hydrogen-bond donors (Lipinski definition) is 0. The van der Waals surface area contributed by atoms with Crippen LogP contribution in [-0.4, -0.2) is 26.1 Å². The lowest BCUT2D eigenvalue weighted by molar-refractivity contribution is 0.834. The molecule has 0 bridgehead atoms. The summed E-state index contributed by atoms with van der Waals surface area (Å²) >= 11 is 3.44. The molecule has 40 heavy (non-hydrogen) atoms. The first kappa shape index (κ1) is 29.7. The van der Waals surface area contributed by atoms with Gasteiger partial charge in [-0.25, -0.2) is 9.97 Å². The monoisotopic (exact) mass is 608 g/mol. The molecule has 0 aliphatic carbocycles. The maximum atomic E-state index is 13.8. The first-order valence-corrected chi connectivity index (χ1v) is 21.0. The van der Waals surface area contributed by atoms with Crippen molar-refractivity contribution in [1.82, 2.24) is 9.97 Å². The lowest BCUT2D eigenvalue weighted by Gasteiger charge is -2.41. The van der Waals surface area contributed by atoms with Crippen LogP contribution in [0.2, 0.25) is 33.2 Å². The molecule has 0 atom stereocenters. The molecule has 4 nitrogen and oxygen atoms in total. The van der Waals surface area contributed by atoms with Crippen LogP contribution in [0.1, 0.15) is 83.1 Å². The highest BCUT2D eigenvalue weighted by molar-refractivity contribution is 7.33. The third kappa shape index (κ3) is 3.71. The fraction of sp³-hybridized carbons (Fsp3) is 0.562. The van der Waals surface area contributed by atoms with Gasteiger partial charge >= 0.3 is 0 Å². The molecule has 0 spiro atoms. The minimum Gasteiger partial charge on any atom is -0.287 e. The Hall–Kier alpha value is -1.75. The second kappa shape index (κ2) is 9.92. The van der Waals surface area contributed by atoms with Crippen molar-refractivity contribution >= 4 is 90.1 Å². The van der Waals surface area contributed by atoms with E-state index in [9.17, 15) is 9.59 Å². The van der Waals surface area contributed by atoms with E-state index < -0.39 is 16.1 Å². The average Bonchev–Trinajstić information content (AvgIpc) is 3.56. The molecule has 0 N–H and O–H groups in total. The van der Waals surface area contributed by atoms with Crippen molar-refractivity contribution in [2.24, 2.45) is 0 Å². The van der Waals surface area contributed by atoms with Crippen LogP contribution in [0, 0.1) is 0 Å². The van der Waals surface area contributed by atoms with Crippen LogP contribution in [0.4, 0.5) is 0 Å². The smallest absolute Gasteiger partial charge is 0.213 e. The van der Waals surface area contributed by atoms with Gasteiger partial charge in [-0.2, -0.15) is 0 Å². The Kier molecular flexibility index (Phi) is 7.37. The van der Waals surface area contributed by atoms with Crippen molar-refractivity contribution in [3.05, 3.63) is 32.6 Å². The predicted octanol–water partition coefficient (Wildman–Crippen LogP) is 8.58. The van der Waals surface area contributed by atoms with Gasteiger partial charge in [-0.15, -0.1) is 22.7 Å². The SMILES string of the molecule is CC(C)[Si](c1nc2c(=O)c3cc4c(cc3c2s1)c(=O)c1nc([Si](C(C)C)(C(C)C)C(C)C)sc14)(C(C)C)C(C)C. The van der Waals surface area contributed by atoms with Crippen molar-refractivity contribution in [3.8, 4) is 0 Å². The zero-order valence-electron chi connectivity index (χ0n) is 26.1. The standard InChI is InChI=1S/C32H44N2O2S2Si2/c1-15(2)39(16(3)4,17(5)6)31-33-25-27(35)21-14-24-22(13-23(21)29(25)37-31)28(36)26-30(24)38-32(34-26)40(18(7)8,19(9)10)20(11)12/h13-20H,1-12H3. The minimum atomic E-state index is -1.99. The molecule has 8 heteroatoms. The van der Waals surface area contributed by atoms with Gasteiger partial charge in [-0.3, -0.25) is 9.59 Å². The number of thiazole rings is 2. The second-order valence-electron chi connectivity index (χ2n) is 13.8. The number of benzene rings is 1. The minimum absolute atomic E-state index is 0.00960. The number of hydrogen-bond acceptors (Lipinski definition) is 6. The van der Waals surface area contributed by atoms with Crippen LogP contribution in [-0.2, 0) is 0 Å². The number of rotatable bonds is 8. The van der Waals surface area contributed by atoms with E-state index >= 15 is 0 Å². The molecule has 2 aromatic heterocycles. The van der Waals surface area contributed by atoms with Crippen molar-refractivity contribution in [2.75, 3.05) is 0 Å². The van der Waals surface area contributed by atoms with Crippen LogP contribution < -0.4 is 20.1 Å². The van der Waals surface area contributed by atoms with Gasteiger partial charge in [0.2, 0.25) is 10.9 Å². The quantitative estimate of drug-likeness (QED) is 0.166. The third-order valence-corrected chi connectivity index (χ3v) is 28.0. The summed E-state index contributed by atoms with van der Waals surface area (Å²) in [6, 6.07) is 3.96.